The van der Waals surface area contributed by atoms with Gasteiger partial charge in [0, 0.05) is 50.4 Å². The Hall–Kier alpha value is -2.18. The summed E-state index contributed by atoms with van der Waals surface area (Å²) in [5.74, 6) is -0.0948. The molecule has 1 saturated heterocycles. The van der Waals surface area contributed by atoms with E-state index in [2.05, 4.69) is 34.3 Å². The van der Waals surface area contributed by atoms with Crippen molar-refractivity contribution < 1.29 is 9.59 Å². The molecule has 6 heteroatoms. The van der Waals surface area contributed by atoms with Crippen molar-refractivity contribution in [2.45, 2.75) is 19.8 Å². The molecule has 1 fully saturated rings. The van der Waals surface area contributed by atoms with E-state index >= 15 is 0 Å². The molecular formula is C20H25N3O2S. The van der Waals surface area contributed by atoms with Crippen LogP contribution in [0.1, 0.15) is 28.1 Å². The van der Waals surface area contributed by atoms with E-state index in [4.69, 9.17) is 0 Å². The lowest BCUT2D eigenvalue weighted by Crippen LogP contribution is -2.44. The van der Waals surface area contributed by atoms with Crippen LogP contribution in [0.5, 0.6) is 0 Å². The summed E-state index contributed by atoms with van der Waals surface area (Å²) in [6.45, 7) is 6.18. The number of rotatable bonds is 6. The number of Topliss-reactive ketones (excluding diaryl/α,β-unsaturated/α-hetero) is 1. The number of nitrogens with one attached hydrogen (secondary N) is 1. The van der Waals surface area contributed by atoms with Gasteiger partial charge in [0.25, 0.3) is 0 Å². The summed E-state index contributed by atoms with van der Waals surface area (Å²) in [5, 5.41) is 4.81. The van der Waals surface area contributed by atoms with Crippen LogP contribution in [0.25, 0.3) is 0 Å². The molecule has 3 rings (SSSR count). The van der Waals surface area contributed by atoms with Gasteiger partial charge in [-0.05, 0) is 49.2 Å². The van der Waals surface area contributed by atoms with E-state index < -0.39 is 0 Å². The summed E-state index contributed by atoms with van der Waals surface area (Å²) in [4.78, 5) is 29.6. The van der Waals surface area contributed by atoms with Gasteiger partial charge in [-0.3, -0.25) is 9.59 Å². The van der Waals surface area contributed by atoms with Crippen LogP contribution >= 0.6 is 11.3 Å². The van der Waals surface area contributed by atoms with E-state index in [0.717, 1.165) is 37.4 Å². The Morgan fingerprint density at radius 1 is 1.12 bits per heavy atom. The number of amides is 1. The highest BCUT2D eigenvalue weighted by atomic mass is 32.1. The van der Waals surface area contributed by atoms with Crippen LogP contribution in [-0.2, 0) is 4.79 Å². The molecule has 5 nitrogen and oxygen atoms in total. The zero-order valence-corrected chi connectivity index (χ0v) is 16.1. The first-order chi connectivity index (χ1) is 12.5. The normalized spacial score (nSPS) is 15.1. The second-order valence-corrected chi connectivity index (χ2v) is 7.69. The summed E-state index contributed by atoms with van der Waals surface area (Å²) < 4.78 is 0. The van der Waals surface area contributed by atoms with Crippen LogP contribution in [0.2, 0.25) is 0 Å². The first kappa shape index (κ1) is 18.6. The fourth-order valence-electron chi connectivity index (χ4n) is 3.05. The summed E-state index contributed by atoms with van der Waals surface area (Å²) in [5.41, 5.74) is 3.05. The van der Waals surface area contributed by atoms with Gasteiger partial charge in [-0.25, -0.2) is 0 Å². The predicted octanol–water partition coefficient (Wildman–Crippen LogP) is 3.41. The van der Waals surface area contributed by atoms with Crippen molar-refractivity contribution in [3.8, 4) is 0 Å². The number of thiophene rings is 1. The molecule has 1 amide bonds. The lowest BCUT2D eigenvalue weighted by atomic mass is 10.1. The lowest BCUT2D eigenvalue weighted by molar-refractivity contribution is -0.116. The molecule has 1 aliphatic heterocycles. The van der Waals surface area contributed by atoms with E-state index in [1.54, 1.807) is 6.07 Å². The number of carbonyl (C=O) groups excluding carboxylic acids is 2. The summed E-state index contributed by atoms with van der Waals surface area (Å²) in [6, 6.07) is 9.79. The van der Waals surface area contributed by atoms with E-state index in [1.807, 2.05) is 24.4 Å². The van der Waals surface area contributed by atoms with Gasteiger partial charge < -0.3 is 15.1 Å². The number of benzene rings is 1. The minimum Gasteiger partial charge on any atom is -0.369 e. The number of nitrogens with zero attached hydrogens (tertiary/aromatic N) is 2. The van der Waals surface area contributed by atoms with Gasteiger partial charge in [-0.1, -0.05) is 6.07 Å². The summed E-state index contributed by atoms with van der Waals surface area (Å²) in [6.07, 6.45) is 0.446. The maximum Gasteiger partial charge on any atom is 0.224 e. The fourth-order valence-corrected chi connectivity index (χ4v) is 3.74. The molecule has 1 aliphatic rings. The number of aryl methyl sites for hydroxylation is 1. The van der Waals surface area contributed by atoms with Crippen molar-refractivity contribution in [2.75, 3.05) is 43.4 Å². The van der Waals surface area contributed by atoms with E-state index in [-0.39, 0.29) is 24.5 Å². The molecule has 1 aromatic heterocycles. The maximum absolute atomic E-state index is 12.2. The Bertz CT molecular complexity index is 765. The molecule has 0 unspecified atom stereocenters. The van der Waals surface area contributed by atoms with Crippen LogP contribution in [0, 0.1) is 6.92 Å². The molecule has 1 aromatic carbocycles. The minimum atomic E-state index is -0.120. The van der Waals surface area contributed by atoms with E-state index in [9.17, 15) is 9.59 Å². The van der Waals surface area contributed by atoms with Crippen LogP contribution in [0.4, 0.5) is 11.4 Å². The standard InChI is InChI=1S/C20H25N3O2S/c1-15-14-16(23-11-9-22(2)10-12-23)5-6-17(15)21-20(25)8-7-18(24)19-4-3-13-26-19/h3-6,13-14H,7-12H2,1-2H3,(H,21,25). The summed E-state index contributed by atoms with van der Waals surface area (Å²) in [7, 11) is 2.14. The second-order valence-electron chi connectivity index (χ2n) is 6.74. The Kier molecular flexibility index (Phi) is 6.06. The van der Waals surface area contributed by atoms with E-state index in [0.29, 0.717) is 4.88 Å². The zero-order valence-electron chi connectivity index (χ0n) is 15.3. The number of piperazine rings is 1. The van der Waals surface area contributed by atoms with Gasteiger partial charge in [-0.15, -0.1) is 11.3 Å². The van der Waals surface area contributed by atoms with Gasteiger partial charge in [0.15, 0.2) is 5.78 Å². The molecule has 2 aromatic rings. The van der Waals surface area contributed by atoms with Gasteiger partial charge in [-0.2, -0.15) is 0 Å². The Labute approximate surface area is 158 Å². The third-order valence-corrected chi connectivity index (χ3v) is 5.64. The minimum absolute atomic E-state index is 0.0253. The Balaban J connectivity index is 1.54. The molecule has 1 N–H and O–H groups in total. The fraction of sp³-hybridized carbons (Fsp3) is 0.400. The number of likely N-dealkylation sites (N-methyl/N-ethyl adjacent to an activating group) is 1. The van der Waals surface area contributed by atoms with Gasteiger partial charge in [0.2, 0.25) is 5.91 Å². The highest BCUT2D eigenvalue weighted by molar-refractivity contribution is 7.12. The molecule has 0 spiro atoms. The number of hydrogen-bond donors (Lipinski definition) is 1. The van der Waals surface area contributed by atoms with Crippen molar-refractivity contribution in [1.29, 1.82) is 0 Å². The van der Waals surface area contributed by atoms with Crippen molar-refractivity contribution >= 4 is 34.4 Å². The van der Waals surface area contributed by atoms with Crippen LogP contribution in [0.15, 0.2) is 35.7 Å². The third kappa shape index (κ3) is 4.71. The van der Waals surface area contributed by atoms with E-state index in [1.165, 1.54) is 17.0 Å². The van der Waals surface area contributed by atoms with Crippen LogP contribution in [0.3, 0.4) is 0 Å². The maximum atomic E-state index is 12.2. The Morgan fingerprint density at radius 2 is 1.88 bits per heavy atom. The molecule has 0 radical (unpaired) electrons. The molecular weight excluding hydrogens is 346 g/mol. The third-order valence-electron chi connectivity index (χ3n) is 4.73. The molecule has 138 valence electrons. The van der Waals surface area contributed by atoms with Crippen LogP contribution < -0.4 is 10.2 Å². The van der Waals surface area contributed by atoms with Crippen molar-refractivity contribution in [3.05, 3.63) is 46.2 Å². The highest BCUT2D eigenvalue weighted by Crippen LogP contribution is 2.24. The SMILES string of the molecule is Cc1cc(N2CCN(C)CC2)ccc1NC(=O)CCC(=O)c1cccs1. The summed E-state index contributed by atoms with van der Waals surface area (Å²) >= 11 is 1.42. The number of anilines is 2. The average Bonchev–Trinajstić information content (AvgIpc) is 3.17. The molecule has 0 bridgehead atoms. The predicted molar refractivity (Wildman–Crippen MR) is 107 cm³/mol. The molecule has 0 aliphatic carbocycles. The second kappa shape index (κ2) is 8.47. The first-order valence-corrected chi connectivity index (χ1v) is 9.81. The topological polar surface area (TPSA) is 52.6 Å². The monoisotopic (exact) mass is 371 g/mol. The van der Waals surface area contributed by atoms with Crippen molar-refractivity contribution in [2.24, 2.45) is 0 Å². The Morgan fingerprint density at radius 3 is 2.54 bits per heavy atom. The van der Waals surface area contributed by atoms with Crippen LogP contribution in [-0.4, -0.2) is 49.8 Å². The lowest BCUT2D eigenvalue weighted by Gasteiger charge is -2.34. The zero-order chi connectivity index (χ0) is 18.5. The molecule has 0 saturated carbocycles. The van der Waals surface area contributed by atoms with Gasteiger partial charge in [0.05, 0.1) is 4.88 Å². The smallest absolute Gasteiger partial charge is 0.224 e. The molecule has 26 heavy (non-hydrogen) atoms. The van der Waals surface area contributed by atoms with Gasteiger partial charge >= 0.3 is 0 Å². The first-order valence-electron chi connectivity index (χ1n) is 8.93. The molecule has 2 heterocycles. The van der Waals surface area contributed by atoms with Gasteiger partial charge in [0.1, 0.15) is 0 Å². The highest BCUT2D eigenvalue weighted by Gasteiger charge is 2.16. The molecule has 0 atom stereocenters. The van der Waals surface area contributed by atoms with Crippen molar-refractivity contribution in [3.63, 3.8) is 0 Å². The quantitative estimate of drug-likeness (QED) is 0.791. The number of hydrogen-bond acceptors (Lipinski definition) is 5. The van der Waals surface area contributed by atoms with Crippen molar-refractivity contribution in [1.82, 2.24) is 4.90 Å². The average molecular weight is 372 g/mol. The number of carbonyl (C=O) groups is 2. The largest absolute Gasteiger partial charge is 0.369 e. The number of ketones is 1.